The summed E-state index contributed by atoms with van der Waals surface area (Å²) >= 11 is 5.45. The molecule has 0 aliphatic rings. The highest BCUT2D eigenvalue weighted by molar-refractivity contribution is 6.31. The predicted octanol–water partition coefficient (Wildman–Crippen LogP) is 3.42. The lowest BCUT2D eigenvalue weighted by Crippen LogP contribution is -2.12. The van der Waals surface area contributed by atoms with Crippen molar-refractivity contribution in [2.24, 2.45) is 0 Å². The normalized spacial score (nSPS) is 11.6. The first kappa shape index (κ1) is 11.2. The van der Waals surface area contributed by atoms with Crippen molar-refractivity contribution in [1.29, 1.82) is 0 Å². The zero-order chi connectivity index (χ0) is 10.9. The molecule has 1 nitrogen and oxygen atoms in total. The minimum Gasteiger partial charge on any atom is -0.378 e. The summed E-state index contributed by atoms with van der Waals surface area (Å²) in [6.45, 7) is 0. The molecule has 0 saturated carbocycles. The van der Waals surface area contributed by atoms with Crippen molar-refractivity contribution in [3.8, 4) is 0 Å². The van der Waals surface area contributed by atoms with E-state index in [1.807, 2.05) is 0 Å². The molecule has 0 aliphatic carbocycles. The predicted molar refractivity (Wildman–Crippen MR) is 50.8 cm³/mol. The van der Waals surface area contributed by atoms with Crippen LogP contribution in [0.2, 0.25) is 5.02 Å². The summed E-state index contributed by atoms with van der Waals surface area (Å²) in [5, 5.41) is -0.275. The molecule has 0 aliphatic heterocycles. The molecule has 0 heterocycles. The molecule has 14 heavy (non-hydrogen) atoms. The molecule has 0 bridgehead atoms. The van der Waals surface area contributed by atoms with Crippen molar-refractivity contribution in [3.05, 3.63) is 28.8 Å². The quantitative estimate of drug-likeness (QED) is 0.705. The van der Waals surface area contributed by atoms with Crippen LogP contribution in [-0.2, 0) is 6.18 Å². The van der Waals surface area contributed by atoms with Gasteiger partial charge in [-0.2, -0.15) is 13.2 Å². The molecule has 1 rings (SSSR count). The molecule has 0 atom stereocenters. The van der Waals surface area contributed by atoms with E-state index in [0.29, 0.717) is 5.69 Å². The van der Waals surface area contributed by atoms with Crippen LogP contribution in [0.5, 0.6) is 0 Å². The molecule has 0 N–H and O–H groups in total. The zero-order valence-electron chi connectivity index (χ0n) is 7.69. The maximum atomic E-state index is 12.4. The summed E-state index contributed by atoms with van der Waals surface area (Å²) in [5.74, 6) is 0. The van der Waals surface area contributed by atoms with E-state index in [-0.39, 0.29) is 5.02 Å². The van der Waals surface area contributed by atoms with Gasteiger partial charge in [-0.15, -0.1) is 0 Å². The fourth-order valence-corrected chi connectivity index (χ4v) is 1.23. The molecule has 1 aromatic rings. The van der Waals surface area contributed by atoms with Crippen molar-refractivity contribution in [2.45, 2.75) is 6.18 Å². The van der Waals surface area contributed by atoms with Crippen LogP contribution in [0.1, 0.15) is 5.56 Å². The molecule has 0 unspecified atom stereocenters. The van der Waals surface area contributed by atoms with Crippen LogP contribution in [0.25, 0.3) is 0 Å². The van der Waals surface area contributed by atoms with Gasteiger partial charge in [0.15, 0.2) is 0 Å². The fraction of sp³-hybridized carbons (Fsp3) is 0.333. The fourth-order valence-electron chi connectivity index (χ4n) is 1.01. The van der Waals surface area contributed by atoms with Crippen LogP contribution in [0.4, 0.5) is 18.9 Å². The Bertz CT molecular complexity index is 333. The Morgan fingerprint density at radius 3 is 2.21 bits per heavy atom. The summed E-state index contributed by atoms with van der Waals surface area (Å²) < 4.78 is 37.2. The average Bonchev–Trinajstić information content (AvgIpc) is 2.02. The number of benzene rings is 1. The number of nitrogens with zero attached hydrogens (tertiary/aromatic N) is 1. The first-order chi connectivity index (χ1) is 6.32. The molecule has 0 radical (unpaired) electrons. The monoisotopic (exact) mass is 223 g/mol. The van der Waals surface area contributed by atoms with Crippen molar-refractivity contribution in [1.82, 2.24) is 0 Å². The highest BCUT2D eigenvalue weighted by atomic mass is 35.5. The summed E-state index contributed by atoms with van der Waals surface area (Å²) in [6, 6.07) is 3.82. The number of hydrogen-bond acceptors (Lipinski definition) is 1. The van der Waals surface area contributed by atoms with Crippen LogP contribution in [0.15, 0.2) is 18.2 Å². The van der Waals surface area contributed by atoms with Crippen LogP contribution in [0.3, 0.4) is 0 Å². The van der Waals surface area contributed by atoms with Crippen molar-refractivity contribution in [2.75, 3.05) is 19.0 Å². The van der Waals surface area contributed by atoms with Gasteiger partial charge in [0, 0.05) is 19.8 Å². The van der Waals surface area contributed by atoms with Gasteiger partial charge in [0.25, 0.3) is 0 Å². The molecule has 0 aromatic heterocycles. The number of anilines is 1. The Labute approximate surface area is 85.1 Å². The van der Waals surface area contributed by atoms with Crippen LogP contribution < -0.4 is 4.90 Å². The maximum absolute atomic E-state index is 12.4. The first-order valence-corrected chi connectivity index (χ1v) is 4.24. The van der Waals surface area contributed by atoms with Gasteiger partial charge in [-0.05, 0) is 18.2 Å². The lowest BCUT2D eigenvalue weighted by molar-refractivity contribution is -0.137. The lowest BCUT2D eigenvalue weighted by Gasteiger charge is -2.15. The standard InChI is InChI=1S/C9H9ClF3N/c1-14(2)6-3-4-8(10)7(5-6)9(11,12)13/h3-5H,1-2H3. The third-order valence-corrected chi connectivity index (χ3v) is 2.10. The summed E-state index contributed by atoms with van der Waals surface area (Å²) in [4.78, 5) is 1.59. The van der Waals surface area contributed by atoms with Gasteiger partial charge >= 0.3 is 6.18 Å². The van der Waals surface area contributed by atoms with Crippen molar-refractivity contribution < 1.29 is 13.2 Å². The van der Waals surface area contributed by atoms with Gasteiger partial charge in [0.1, 0.15) is 0 Å². The van der Waals surface area contributed by atoms with E-state index in [2.05, 4.69) is 0 Å². The van der Waals surface area contributed by atoms with E-state index in [0.717, 1.165) is 6.07 Å². The summed E-state index contributed by atoms with van der Waals surface area (Å²) in [5.41, 5.74) is -0.327. The Hall–Kier alpha value is -0.900. The van der Waals surface area contributed by atoms with Gasteiger partial charge in [0.05, 0.1) is 10.6 Å². The van der Waals surface area contributed by atoms with Crippen molar-refractivity contribution in [3.63, 3.8) is 0 Å². The van der Waals surface area contributed by atoms with Gasteiger partial charge in [-0.3, -0.25) is 0 Å². The van der Waals surface area contributed by atoms with Gasteiger partial charge < -0.3 is 4.90 Å². The van der Waals surface area contributed by atoms with E-state index < -0.39 is 11.7 Å². The van der Waals surface area contributed by atoms with Crippen LogP contribution >= 0.6 is 11.6 Å². The van der Waals surface area contributed by atoms with E-state index in [1.54, 1.807) is 19.0 Å². The molecule has 78 valence electrons. The van der Waals surface area contributed by atoms with Gasteiger partial charge in [0.2, 0.25) is 0 Å². The Morgan fingerprint density at radius 1 is 1.21 bits per heavy atom. The molecular weight excluding hydrogens is 215 g/mol. The SMILES string of the molecule is CN(C)c1ccc(Cl)c(C(F)(F)F)c1. The largest absolute Gasteiger partial charge is 0.417 e. The topological polar surface area (TPSA) is 3.24 Å². The lowest BCUT2D eigenvalue weighted by atomic mass is 10.2. The minimum absolute atomic E-state index is 0.275. The molecule has 5 heteroatoms. The third kappa shape index (κ3) is 2.32. The molecule has 0 saturated heterocycles. The summed E-state index contributed by atoms with van der Waals surface area (Å²) in [6.07, 6.45) is -4.40. The highest BCUT2D eigenvalue weighted by Crippen LogP contribution is 2.36. The highest BCUT2D eigenvalue weighted by Gasteiger charge is 2.33. The van der Waals surface area contributed by atoms with Gasteiger partial charge in [-0.1, -0.05) is 11.6 Å². The van der Waals surface area contributed by atoms with E-state index in [4.69, 9.17) is 11.6 Å². The van der Waals surface area contributed by atoms with E-state index in [9.17, 15) is 13.2 Å². The minimum atomic E-state index is -4.40. The Kier molecular flexibility index (Phi) is 2.95. The van der Waals surface area contributed by atoms with Gasteiger partial charge in [-0.25, -0.2) is 0 Å². The number of hydrogen-bond donors (Lipinski definition) is 0. The second-order valence-electron chi connectivity index (χ2n) is 3.06. The van der Waals surface area contributed by atoms with Crippen LogP contribution in [-0.4, -0.2) is 14.1 Å². The molecular formula is C9H9ClF3N. The second kappa shape index (κ2) is 3.69. The average molecular weight is 224 g/mol. The number of halogens is 4. The Morgan fingerprint density at radius 2 is 1.79 bits per heavy atom. The Balaban J connectivity index is 3.22. The number of alkyl halides is 3. The van der Waals surface area contributed by atoms with E-state index in [1.165, 1.54) is 12.1 Å². The zero-order valence-corrected chi connectivity index (χ0v) is 8.45. The molecule has 0 fully saturated rings. The maximum Gasteiger partial charge on any atom is 0.417 e. The molecule has 0 spiro atoms. The van der Waals surface area contributed by atoms with Crippen molar-refractivity contribution >= 4 is 17.3 Å². The third-order valence-electron chi connectivity index (χ3n) is 1.77. The number of rotatable bonds is 1. The second-order valence-corrected chi connectivity index (χ2v) is 3.46. The molecule has 0 amide bonds. The first-order valence-electron chi connectivity index (χ1n) is 3.86. The van der Waals surface area contributed by atoms with Crippen LogP contribution in [0, 0.1) is 0 Å². The summed E-state index contributed by atoms with van der Waals surface area (Å²) in [7, 11) is 3.34. The molecule has 1 aromatic carbocycles. The smallest absolute Gasteiger partial charge is 0.378 e. The van der Waals surface area contributed by atoms with E-state index >= 15 is 0 Å².